The van der Waals surface area contributed by atoms with Crippen molar-refractivity contribution in [3.63, 3.8) is 0 Å². The number of carbonyl (C=O) groups is 1. The van der Waals surface area contributed by atoms with Gasteiger partial charge in [-0.05, 0) is 66.6 Å². The van der Waals surface area contributed by atoms with Crippen molar-refractivity contribution in [2.45, 2.75) is 38.9 Å². The van der Waals surface area contributed by atoms with E-state index in [9.17, 15) is 23.1 Å². The first-order chi connectivity index (χ1) is 18.2. The smallest absolute Gasteiger partial charge is 0.416 e. The van der Waals surface area contributed by atoms with Gasteiger partial charge in [-0.1, -0.05) is 36.4 Å². The zero-order valence-corrected chi connectivity index (χ0v) is 20.9. The number of phenols is 1. The minimum Gasteiger partial charge on any atom is -0.508 e. The maximum Gasteiger partial charge on any atom is 0.416 e. The van der Waals surface area contributed by atoms with Crippen molar-refractivity contribution in [1.29, 1.82) is 0 Å². The Balaban J connectivity index is 1.59. The number of ether oxygens (including phenoxy) is 2. The number of aromatic hydroxyl groups is 1. The molecule has 1 heterocycles. The lowest BCUT2D eigenvalue weighted by Crippen LogP contribution is -2.15. The van der Waals surface area contributed by atoms with Crippen LogP contribution >= 0.6 is 0 Å². The van der Waals surface area contributed by atoms with Crippen LogP contribution in [0.3, 0.4) is 0 Å². The maximum atomic E-state index is 13.4. The van der Waals surface area contributed by atoms with E-state index in [4.69, 9.17) is 9.47 Å². The molecule has 8 heteroatoms. The van der Waals surface area contributed by atoms with Crippen LogP contribution in [0.5, 0.6) is 11.5 Å². The molecule has 1 aliphatic carbocycles. The van der Waals surface area contributed by atoms with E-state index in [1.807, 2.05) is 30.3 Å². The number of para-hydroxylation sites is 1. The summed E-state index contributed by atoms with van der Waals surface area (Å²) in [7, 11) is 0. The molecule has 1 fully saturated rings. The van der Waals surface area contributed by atoms with Crippen LogP contribution < -0.4 is 4.74 Å². The summed E-state index contributed by atoms with van der Waals surface area (Å²) >= 11 is 0. The summed E-state index contributed by atoms with van der Waals surface area (Å²) in [5.74, 6) is 0.580. The standard InChI is InChI=1S/C30H28F3NO4/c1-2-37-29(36)28-26(15-20-6-5-7-22(12-20)30(31,32)33)25-8-3-4-9-27(25)34(28)17-21-13-23(35)16-24(14-21)38-18-19-10-11-19/h3-9,12-14,16,19,35H,2,10-11,15,17-18H2,1H3. The zero-order valence-electron chi connectivity index (χ0n) is 20.9. The molecule has 1 saturated carbocycles. The van der Waals surface area contributed by atoms with Gasteiger partial charge in [-0.25, -0.2) is 4.79 Å². The number of phenolic OH excluding ortho intramolecular Hbond substituents is 1. The van der Waals surface area contributed by atoms with Crippen LogP contribution in [0, 0.1) is 5.92 Å². The molecule has 198 valence electrons. The summed E-state index contributed by atoms with van der Waals surface area (Å²) in [4.78, 5) is 13.3. The van der Waals surface area contributed by atoms with Crippen LogP contribution in [-0.2, 0) is 23.9 Å². The minimum absolute atomic E-state index is 0.0478. The van der Waals surface area contributed by atoms with E-state index in [1.165, 1.54) is 6.07 Å². The van der Waals surface area contributed by atoms with E-state index in [0.29, 0.717) is 35.0 Å². The second kappa shape index (κ2) is 10.4. The molecule has 0 atom stereocenters. The van der Waals surface area contributed by atoms with Crippen LogP contribution in [0.4, 0.5) is 13.2 Å². The van der Waals surface area contributed by atoms with E-state index in [0.717, 1.165) is 35.9 Å². The molecule has 0 amide bonds. The number of alkyl halides is 3. The van der Waals surface area contributed by atoms with Gasteiger partial charge in [-0.2, -0.15) is 13.2 Å². The molecular weight excluding hydrogens is 495 g/mol. The predicted octanol–water partition coefficient (Wildman–Crippen LogP) is 6.97. The van der Waals surface area contributed by atoms with Crippen molar-refractivity contribution in [3.05, 3.63) is 94.7 Å². The molecule has 0 unspecified atom stereocenters. The molecule has 1 aromatic heterocycles. The van der Waals surface area contributed by atoms with Crippen LogP contribution in [0.15, 0.2) is 66.7 Å². The highest BCUT2D eigenvalue weighted by atomic mass is 19.4. The Morgan fingerprint density at radius 2 is 1.82 bits per heavy atom. The highest BCUT2D eigenvalue weighted by Crippen LogP contribution is 2.34. The van der Waals surface area contributed by atoms with Crippen molar-refractivity contribution >= 4 is 16.9 Å². The molecule has 4 aromatic rings. The number of fused-ring (bicyclic) bond motifs is 1. The Labute approximate surface area is 218 Å². The first-order valence-electron chi connectivity index (χ1n) is 12.6. The summed E-state index contributed by atoms with van der Waals surface area (Å²) in [6.07, 6.45) is -2.08. The molecule has 5 nitrogen and oxygen atoms in total. The molecule has 0 aliphatic heterocycles. The summed E-state index contributed by atoms with van der Waals surface area (Å²) in [6, 6.07) is 17.5. The molecule has 5 rings (SSSR count). The van der Waals surface area contributed by atoms with Gasteiger partial charge in [0.05, 0.1) is 18.8 Å². The zero-order chi connectivity index (χ0) is 26.9. The van der Waals surface area contributed by atoms with Crippen LogP contribution in [0.1, 0.15) is 52.5 Å². The van der Waals surface area contributed by atoms with Crippen molar-refractivity contribution in [2.75, 3.05) is 13.2 Å². The van der Waals surface area contributed by atoms with E-state index >= 15 is 0 Å². The molecular formula is C30H28F3NO4. The second-order valence-electron chi connectivity index (χ2n) is 9.62. The van der Waals surface area contributed by atoms with Gasteiger partial charge in [-0.15, -0.1) is 0 Å². The third kappa shape index (κ3) is 5.64. The lowest BCUT2D eigenvalue weighted by molar-refractivity contribution is -0.137. The van der Waals surface area contributed by atoms with Gasteiger partial charge in [-0.3, -0.25) is 0 Å². The van der Waals surface area contributed by atoms with E-state index in [-0.39, 0.29) is 31.0 Å². The lowest BCUT2D eigenvalue weighted by Gasteiger charge is -2.14. The molecule has 1 N–H and O–H groups in total. The quantitative estimate of drug-likeness (QED) is 0.241. The predicted molar refractivity (Wildman–Crippen MR) is 138 cm³/mol. The third-order valence-corrected chi connectivity index (χ3v) is 6.65. The van der Waals surface area contributed by atoms with E-state index < -0.39 is 17.7 Å². The summed E-state index contributed by atoms with van der Waals surface area (Å²) in [6.45, 7) is 2.67. The van der Waals surface area contributed by atoms with Crippen molar-refractivity contribution in [1.82, 2.24) is 4.57 Å². The molecule has 3 aromatic carbocycles. The highest BCUT2D eigenvalue weighted by molar-refractivity contribution is 5.99. The average molecular weight is 524 g/mol. The van der Waals surface area contributed by atoms with Gasteiger partial charge in [0, 0.05) is 29.9 Å². The first-order valence-corrected chi connectivity index (χ1v) is 12.6. The number of halogens is 3. The Kier molecular flexibility index (Phi) is 7.06. The van der Waals surface area contributed by atoms with Gasteiger partial charge in [0.2, 0.25) is 0 Å². The van der Waals surface area contributed by atoms with Gasteiger partial charge in [0.1, 0.15) is 17.2 Å². The SMILES string of the molecule is CCOC(=O)c1c(Cc2cccc(C(F)(F)F)c2)c2ccccc2n1Cc1cc(O)cc(OCC2CC2)c1. The molecule has 0 bridgehead atoms. The maximum absolute atomic E-state index is 13.4. The largest absolute Gasteiger partial charge is 0.508 e. The van der Waals surface area contributed by atoms with E-state index in [1.54, 1.807) is 29.7 Å². The van der Waals surface area contributed by atoms with Gasteiger partial charge < -0.3 is 19.1 Å². The molecule has 0 saturated heterocycles. The van der Waals surface area contributed by atoms with E-state index in [2.05, 4.69) is 0 Å². The van der Waals surface area contributed by atoms with Crippen LogP contribution in [0.25, 0.3) is 10.9 Å². The normalized spacial score (nSPS) is 13.6. The number of benzene rings is 3. The number of aromatic nitrogens is 1. The fourth-order valence-corrected chi connectivity index (χ4v) is 4.71. The highest BCUT2D eigenvalue weighted by Gasteiger charge is 2.31. The average Bonchev–Trinajstić information content (AvgIpc) is 3.66. The van der Waals surface area contributed by atoms with Crippen molar-refractivity contribution < 1.29 is 32.5 Å². The Morgan fingerprint density at radius 1 is 1.03 bits per heavy atom. The van der Waals surface area contributed by atoms with Gasteiger partial charge in [0.15, 0.2) is 0 Å². The minimum atomic E-state index is -4.47. The number of nitrogens with zero attached hydrogens (tertiary/aromatic N) is 1. The fraction of sp³-hybridized carbons (Fsp3) is 0.300. The van der Waals surface area contributed by atoms with Crippen LogP contribution in [-0.4, -0.2) is 28.9 Å². The number of rotatable bonds is 9. The van der Waals surface area contributed by atoms with Crippen LogP contribution in [0.2, 0.25) is 0 Å². The second-order valence-corrected chi connectivity index (χ2v) is 9.62. The number of hydrogen-bond donors (Lipinski definition) is 1. The molecule has 1 aliphatic rings. The Hall–Kier alpha value is -3.94. The fourth-order valence-electron chi connectivity index (χ4n) is 4.71. The lowest BCUT2D eigenvalue weighted by atomic mass is 10.00. The number of hydrogen-bond acceptors (Lipinski definition) is 4. The summed E-state index contributed by atoms with van der Waals surface area (Å²) in [5, 5.41) is 11.1. The van der Waals surface area contributed by atoms with Gasteiger partial charge in [0.25, 0.3) is 0 Å². The number of carbonyl (C=O) groups excluding carboxylic acids is 1. The number of esters is 1. The summed E-state index contributed by atoms with van der Waals surface area (Å²) < 4.78 is 53.2. The molecule has 38 heavy (non-hydrogen) atoms. The summed E-state index contributed by atoms with van der Waals surface area (Å²) in [5.41, 5.74) is 2.00. The topological polar surface area (TPSA) is 60.7 Å². The van der Waals surface area contributed by atoms with Crippen molar-refractivity contribution in [2.24, 2.45) is 5.92 Å². The Morgan fingerprint density at radius 3 is 2.55 bits per heavy atom. The molecule has 0 spiro atoms. The Bertz CT molecular complexity index is 1470. The van der Waals surface area contributed by atoms with Crippen molar-refractivity contribution in [3.8, 4) is 11.5 Å². The third-order valence-electron chi connectivity index (χ3n) is 6.65. The molecule has 0 radical (unpaired) electrons. The monoisotopic (exact) mass is 523 g/mol. The first kappa shape index (κ1) is 25.7. The van der Waals surface area contributed by atoms with Gasteiger partial charge >= 0.3 is 12.1 Å².